The molecule has 0 N–H and O–H groups in total. The number of fused-ring (bicyclic) bond motifs is 1. The Morgan fingerprint density at radius 1 is 1.21 bits per heavy atom. The molecule has 3 heterocycles. The second-order valence-electron chi connectivity index (χ2n) is 5.44. The lowest BCUT2D eigenvalue weighted by Gasteiger charge is -2.08. The number of imidazole rings is 2. The van der Waals surface area contributed by atoms with Gasteiger partial charge in [0.25, 0.3) is 0 Å². The minimum atomic E-state index is -0.232. The summed E-state index contributed by atoms with van der Waals surface area (Å²) in [6.45, 7) is 3.56. The minimum Gasteiger partial charge on any atom is -0.329 e. The van der Waals surface area contributed by atoms with Gasteiger partial charge in [-0.2, -0.15) is 0 Å². The fourth-order valence-electron chi connectivity index (χ4n) is 2.93. The average Bonchev–Trinajstić information content (AvgIpc) is 3.31. The van der Waals surface area contributed by atoms with Crippen LogP contribution in [0.5, 0.6) is 0 Å². The Hall–Kier alpha value is -2.54. The first-order valence-electron chi connectivity index (χ1n) is 7.82. The topological polar surface area (TPSA) is 48.5 Å². The zero-order valence-corrected chi connectivity index (χ0v) is 14.0. The number of rotatable bonds is 5. The summed E-state index contributed by atoms with van der Waals surface area (Å²) < 4.78 is 17.7. The van der Waals surface area contributed by atoms with Gasteiger partial charge in [-0.15, -0.1) is 11.3 Å². The molecule has 7 heteroatoms. The van der Waals surface area contributed by atoms with E-state index in [1.165, 1.54) is 6.07 Å². The molecular weight excluding hydrogens is 325 g/mol. The van der Waals surface area contributed by atoms with Crippen molar-refractivity contribution in [2.24, 2.45) is 0 Å². The highest BCUT2D eigenvalue weighted by molar-refractivity contribution is 7.13. The van der Waals surface area contributed by atoms with Crippen molar-refractivity contribution in [3.05, 3.63) is 53.8 Å². The lowest BCUT2D eigenvalue weighted by atomic mass is 10.3. The van der Waals surface area contributed by atoms with Gasteiger partial charge in [-0.05, 0) is 25.1 Å². The van der Waals surface area contributed by atoms with Crippen molar-refractivity contribution in [3.8, 4) is 10.8 Å². The van der Waals surface area contributed by atoms with E-state index in [0.29, 0.717) is 0 Å². The molecule has 24 heavy (non-hydrogen) atoms. The van der Waals surface area contributed by atoms with Crippen LogP contribution in [0.25, 0.3) is 21.9 Å². The van der Waals surface area contributed by atoms with Crippen LogP contribution in [-0.4, -0.2) is 24.1 Å². The number of aromatic nitrogens is 5. The minimum absolute atomic E-state index is 0.232. The fraction of sp³-hybridized carbons (Fsp3) is 0.235. The quantitative estimate of drug-likeness (QED) is 0.555. The number of hydrogen-bond donors (Lipinski definition) is 0. The second kappa shape index (κ2) is 6.16. The first-order chi connectivity index (χ1) is 11.8. The van der Waals surface area contributed by atoms with Crippen LogP contribution >= 0.6 is 11.3 Å². The molecule has 0 unspecified atom stereocenters. The van der Waals surface area contributed by atoms with E-state index in [1.807, 2.05) is 18.5 Å². The molecule has 0 aliphatic rings. The van der Waals surface area contributed by atoms with E-state index >= 15 is 0 Å². The zero-order chi connectivity index (χ0) is 16.5. The molecule has 0 radical (unpaired) electrons. The van der Waals surface area contributed by atoms with Crippen molar-refractivity contribution in [2.45, 2.75) is 26.4 Å². The van der Waals surface area contributed by atoms with Gasteiger partial charge in [-0.25, -0.2) is 19.3 Å². The molecular formula is C17H16FN5S. The fourth-order valence-corrected chi connectivity index (χ4v) is 3.58. The maximum absolute atomic E-state index is 13.5. The first kappa shape index (κ1) is 15.0. The summed E-state index contributed by atoms with van der Waals surface area (Å²) >= 11 is 1.57. The van der Waals surface area contributed by atoms with Crippen LogP contribution in [0.2, 0.25) is 0 Å². The number of thiazole rings is 1. The molecule has 4 rings (SSSR count). The Kier molecular flexibility index (Phi) is 3.86. The number of hydrogen-bond acceptors (Lipinski definition) is 4. The maximum Gasteiger partial charge on any atom is 0.169 e. The normalized spacial score (nSPS) is 11.4. The molecule has 4 aromatic rings. The summed E-state index contributed by atoms with van der Waals surface area (Å²) in [6.07, 6.45) is 6.27. The molecule has 0 bridgehead atoms. The third-order valence-electron chi connectivity index (χ3n) is 4.02. The molecule has 0 amide bonds. The van der Waals surface area contributed by atoms with Crippen molar-refractivity contribution >= 4 is 22.4 Å². The highest BCUT2D eigenvalue weighted by atomic mass is 32.1. The van der Waals surface area contributed by atoms with Gasteiger partial charge in [-0.1, -0.05) is 0 Å². The van der Waals surface area contributed by atoms with Gasteiger partial charge < -0.3 is 9.13 Å². The van der Waals surface area contributed by atoms with Gasteiger partial charge in [0.2, 0.25) is 0 Å². The third kappa shape index (κ3) is 2.60. The van der Waals surface area contributed by atoms with Crippen LogP contribution < -0.4 is 0 Å². The predicted octanol–water partition coefficient (Wildman–Crippen LogP) is 3.76. The summed E-state index contributed by atoms with van der Waals surface area (Å²) in [5.41, 5.74) is 1.68. The lowest BCUT2D eigenvalue weighted by Crippen LogP contribution is -2.08. The summed E-state index contributed by atoms with van der Waals surface area (Å²) in [5.74, 6) is 1.59. The Balaban J connectivity index is 1.63. The number of halogens is 1. The van der Waals surface area contributed by atoms with Gasteiger partial charge in [0.05, 0.1) is 11.0 Å². The van der Waals surface area contributed by atoms with Crippen molar-refractivity contribution < 1.29 is 4.39 Å². The van der Waals surface area contributed by atoms with E-state index in [0.717, 1.165) is 47.2 Å². The van der Waals surface area contributed by atoms with E-state index in [2.05, 4.69) is 24.1 Å². The highest BCUT2D eigenvalue weighted by Gasteiger charge is 2.13. The Morgan fingerprint density at radius 2 is 2.12 bits per heavy atom. The van der Waals surface area contributed by atoms with Crippen molar-refractivity contribution in [2.75, 3.05) is 0 Å². The monoisotopic (exact) mass is 341 g/mol. The van der Waals surface area contributed by atoms with Crippen LogP contribution in [0.15, 0.2) is 42.2 Å². The van der Waals surface area contributed by atoms with Crippen LogP contribution in [0, 0.1) is 5.82 Å². The van der Waals surface area contributed by atoms with Crippen LogP contribution in [0.3, 0.4) is 0 Å². The molecule has 0 saturated carbocycles. The molecule has 0 atom stereocenters. The zero-order valence-electron chi connectivity index (χ0n) is 13.2. The van der Waals surface area contributed by atoms with E-state index in [-0.39, 0.29) is 5.82 Å². The van der Waals surface area contributed by atoms with Gasteiger partial charge in [0, 0.05) is 43.5 Å². The van der Waals surface area contributed by atoms with Crippen molar-refractivity contribution in [1.82, 2.24) is 24.1 Å². The lowest BCUT2D eigenvalue weighted by molar-refractivity contribution is 0.623. The summed E-state index contributed by atoms with van der Waals surface area (Å²) in [5, 5.41) is 2.85. The molecule has 0 saturated heterocycles. The largest absolute Gasteiger partial charge is 0.329 e. The van der Waals surface area contributed by atoms with Crippen LogP contribution in [0.1, 0.15) is 12.7 Å². The van der Waals surface area contributed by atoms with Gasteiger partial charge >= 0.3 is 0 Å². The summed E-state index contributed by atoms with van der Waals surface area (Å²) in [4.78, 5) is 13.4. The first-order valence-corrected chi connectivity index (χ1v) is 8.70. The Bertz CT molecular complexity index is 970. The van der Waals surface area contributed by atoms with E-state index in [4.69, 9.17) is 0 Å². The maximum atomic E-state index is 13.5. The third-order valence-corrected chi connectivity index (χ3v) is 4.79. The average molecular weight is 341 g/mol. The standard InChI is InChI=1S/C17H16FN5S/c1-2-23-14-11-12(18)3-4-13(14)21-15(23)5-8-22-9-6-19-16(22)17-20-7-10-24-17/h3-4,6-7,9-11H,2,5,8H2,1H3. The SMILES string of the molecule is CCn1c(CCn2ccnc2-c2nccs2)nc2ccc(F)cc21. The molecule has 122 valence electrons. The predicted molar refractivity (Wildman–Crippen MR) is 92.4 cm³/mol. The second-order valence-corrected chi connectivity index (χ2v) is 6.33. The van der Waals surface area contributed by atoms with Crippen LogP contribution in [0.4, 0.5) is 4.39 Å². The number of nitrogens with zero attached hydrogens (tertiary/aromatic N) is 5. The van der Waals surface area contributed by atoms with Gasteiger partial charge in [0.15, 0.2) is 10.8 Å². The van der Waals surface area contributed by atoms with E-state index in [1.54, 1.807) is 35.9 Å². The molecule has 0 spiro atoms. The Morgan fingerprint density at radius 3 is 2.92 bits per heavy atom. The van der Waals surface area contributed by atoms with E-state index < -0.39 is 0 Å². The molecule has 0 aliphatic heterocycles. The van der Waals surface area contributed by atoms with E-state index in [9.17, 15) is 4.39 Å². The molecule has 1 aromatic carbocycles. The van der Waals surface area contributed by atoms with Gasteiger partial charge in [-0.3, -0.25) is 0 Å². The molecule has 5 nitrogen and oxygen atoms in total. The Labute approximate surface area is 142 Å². The van der Waals surface area contributed by atoms with Crippen molar-refractivity contribution in [1.29, 1.82) is 0 Å². The molecule has 0 fully saturated rings. The van der Waals surface area contributed by atoms with Crippen LogP contribution in [-0.2, 0) is 19.5 Å². The number of benzene rings is 1. The van der Waals surface area contributed by atoms with Gasteiger partial charge in [0.1, 0.15) is 11.6 Å². The smallest absolute Gasteiger partial charge is 0.169 e. The highest BCUT2D eigenvalue weighted by Crippen LogP contribution is 2.21. The number of aryl methyl sites for hydroxylation is 3. The summed E-state index contributed by atoms with van der Waals surface area (Å²) in [6, 6.07) is 4.74. The molecule has 3 aromatic heterocycles. The molecule has 0 aliphatic carbocycles. The summed E-state index contributed by atoms with van der Waals surface area (Å²) in [7, 11) is 0. The van der Waals surface area contributed by atoms with Crippen molar-refractivity contribution in [3.63, 3.8) is 0 Å².